The van der Waals surface area contributed by atoms with Gasteiger partial charge in [0.1, 0.15) is 5.00 Å². The number of hydrogen-bond donors (Lipinski definition) is 2. The van der Waals surface area contributed by atoms with Crippen LogP contribution in [0.15, 0.2) is 30.3 Å². The van der Waals surface area contributed by atoms with Crippen LogP contribution >= 0.6 is 11.3 Å². The Bertz CT molecular complexity index is 1150. The van der Waals surface area contributed by atoms with E-state index in [-0.39, 0.29) is 11.9 Å². The Labute approximate surface area is 191 Å². The summed E-state index contributed by atoms with van der Waals surface area (Å²) in [5.74, 6) is -0.167. The smallest absolute Gasteiger partial charge is 0.341 e. The highest BCUT2D eigenvalue weighted by atomic mass is 32.1. The van der Waals surface area contributed by atoms with E-state index in [2.05, 4.69) is 20.6 Å². The van der Waals surface area contributed by atoms with Crippen LogP contribution in [0, 0.1) is 13.8 Å². The Morgan fingerprint density at radius 3 is 2.59 bits per heavy atom. The highest BCUT2D eigenvalue weighted by Gasteiger charge is 2.27. The average Bonchev–Trinajstić information content (AvgIpc) is 3.11. The monoisotopic (exact) mass is 450 g/mol. The van der Waals surface area contributed by atoms with Crippen molar-refractivity contribution in [3.8, 4) is 0 Å². The molecule has 3 aromatic rings. The number of rotatable bonds is 6. The summed E-state index contributed by atoms with van der Waals surface area (Å²) in [5.41, 5.74) is 4.44. The predicted molar refractivity (Wildman–Crippen MR) is 126 cm³/mol. The molecule has 1 aromatic carbocycles. The first kappa shape index (κ1) is 22.0. The maximum absolute atomic E-state index is 13.1. The van der Waals surface area contributed by atoms with Crippen molar-refractivity contribution in [1.82, 2.24) is 9.97 Å². The number of nitrogens with zero attached hydrogens (tertiary/aromatic N) is 2. The topological polar surface area (TPSA) is 93.2 Å². The molecule has 8 heteroatoms. The van der Waals surface area contributed by atoms with E-state index in [4.69, 9.17) is 4.74 Å². The lowest BCUT2D eigenvalue weighted by Gasteiger charge is -2.12. The molecule has 2 aromatic heterocycles. The van der Waals surface area contributed by atoms with Gasteiger partial charge in [-0.1, -0.05) is 6.07 Å². The Morgan fingerprint density at radius 2 is 1.84 bits per heavy atom. The van der Waals surface area contributed by atoms with Crippen molar-refractivity contribution in [3.63, 3.8) is 0 Å². The lowest BCUT2D eigenvalue weighted by molar-refractivity contribution is 0.0526. The van der Waals surface area contributed by atoms with Gasteiger partial charge >= 0.3 is 5.97 Å². The summed E-state index contributed by atoms with van der Waals surface area (Å²) in [6, 6.07) is 9.03. The molecule has 0 saturated carbocycles. The molecule has 0 aliphatic heterocycles. The number of aromatic nitrogens is 2. The van der Waals surface area contributed by atoms with E-state index in [1.807, 2.05) is 26.0 Å². The van der Waals surface area contributed by atoms with Gasteiger partial charge in [0, 0.05) is 27.5 Å². The number of anilines is 3. The SMILES string of the molecule is CCOC(=O)c1c(NC(=O)c2cccc(Nc3nc(C)cc(C)n3)c2)sc2c1CCCC2. The van der Waals surface area contributed by atoms with Gasteiger partial charge in [-0.3, -0.25) is 4.79 Å². The van der Waals surface area contributed by atoms with Gasteiger partial charge in [-0.2, -0.15) is 0 Å². The van der Waals surface area contributed by atoms with Gasteiger partial charge < -0.3 is 15.4 Å². The third-order valence-corrected chi connectivity index (χ3v) is 6.45. The van der Waals surface area contributed by atoms with Gasteiger partial charge in [0.05, 0.1) is 12.2 Å². The number of ether oxygens (including phenoxy) is 1. The molecule has 0 fully saturated rings. The zero-order valence-electron chi connectivity index (χ0n) is 18.4. The van der Waals surface area contributed by atoms with Crippen molar-refractivity contribution in [1.29, 1.82) is 0 Å². The maximum atomic E-state index is 13.1. The molecule has 0 bridgehead atoms. The van der Waals surface area contributed by atoms with E-state index in [0.29, 0.717) is 34.4 Å². The molecule has 2 N–H and O–H groups in total. The molecule has 4 rings (SSSR count). The van der Waals surface area contributed by atoms with Crippen LogP contribution in [0.4, 0.5) is 16.6 Å². The summed E-state index contributed by atoms with van der Waals surface area (Å²) in [4.78, 5) is 35.6. The minimum absolute atomic E-state index is 0.279. The molecular formula is C24H26N4O3S. The molecule has 7 nitrogen and oxygen atoms in total. The molecule has 32 heavy (non-hydrogen) atoms. The van der Waals surface area contributed by atoms with Crippen LogP contribution in [-0.2, 0) is 17.6 Å². The van der Waals surface area contributed by atoms with Gasteiger partial charge in [-0.25, -0.2) is 14.8 Å². The summed E-state index contributed by atoms with van der Waals surface area (Å²) in [5, 5.41) is 6.68. The van der Waals surface area contributed by atoms with Crippen LogP contribution in [0.5, 0.6) is 0 Å². The third kappa shape index (κ3) is 4.80. The first-order chi connectivity index (χ1) is 15.4. The fraction of sp³-hybridized carbons (Fsp3) is 0.333. The quantitative estimate of drug-likeness (QED) is 0.501. The number of hydrogen-bond acceptors (Lipinski definition) is 7. The van der Waals surface area contributed by atoms with Crippen molar-refractivity contribution < 1.29 is 14.3 Å². The fourth-order valence-electron chi connectivity index (χ4n) is 3.90. The summed E-state index contributed by atoms with van der Waals surface area (Å²) < 4.78 is 5.28. The molecule has 0 atom stereocenters. The molecule has 0 radical (unpaired) electrons. The van der Waals surface area contributed by atoms with E-state index in [1.165, 1.54) is 11.3 Å². The zero-order valence-corrected chi connectivity index (χ0v) is 19.3. The fourth-order valence-corrected chi connectivity index (χ4v) is 5.17. The van der Waals surface area contributed by atoms with Crippen LogP contribution in [-0.4, -0.2) is 28.5 Å². The molecule has 1 aliphatic rings. The van der Waals surface area contributed by atoms with E-state index in [1.54, 1.807) is 25.1 Å². The predicted octanol–water partition coefficient (Wildman–Crippen LogP) is 5.21. The molecule has 166 valence electrons. The lowest BCUT2D eigenvalue weighted by atomic mass is 9.95. The molecule has 1 aliphatic carbocycles. The lowest BCUT2D eigenvalue weighted by Crippen LogP contribution is -2.16. The van der Waals surface area contributed by atoms with Crippen molar-refractivity contribution in [2.24, 2.45) is 0 Å². The summed E-state index contributed by atoms with van der Waals surface area (Å²) in [7, 11) is 0. The standard InChI is InChI=1S/C24H26N4O3S/c1-4-31-23(30)20-18-10-5-6-11-19(18)32-22(20)28-21(29)16-8-7-9-17(13-16)27-24-25-14(2)12-15(3)26-24/h7-9,12-13H,4-6,10-11H2,1-3H3,(H,28,29)(H,25,26,27). The van der Waals surface area contributed by atoms with E-state index in [9.17, 15) is 9.59 Å². The summed E-state index contributed by atoms with van der Waals surface area (Å²) in [6.45, 7) is 5.90. The Morgan fingerprint density at radius 1 is 1.09 bits per heavy atom. The van der Waals surface area contributed by atoms with Crippen LogP contribution in [0.25, 0.3) is 0 Å². The van der Waals surface area contributed by atoms with Gasteiger partial charge in [0.2, 0.25) is 5.95 Å². The number of thiophene rings is 1. The number of carbonyl (C=O) groups is 2. The molecule has 0 saturated heterocycles. The van der Waals surface area contributed by atoms with Crippen molar-refractivity contribution in [2.75, 3.05) is 17.2 Å². The van der Waals surface area contributed by atoms with Gasteiger partial charge in [0.15, 0.2) is 0 Å². The minimum atomic E-state index is -0.371. The van der Waals surface area contributed by atoms with Crippen LogP contribution < -0.4 is 10.6 Å². The van der Waals surface area contributed by atoms with E-state index in [0.717, 1.165) is 47.5 Å². The Hall–Kier alpha value is -3.26. The molecule has 2 heterocycles. The number of carbonyl (C=O) groups excluding carboxylic acids is 2. The number of aryl methyl sites for hydroxylation is 3. The van der Waals surface area contributed by atoms with E-state index >= 15 is 0 Å². The third-order valence-electron chi connectivity index (χ3n) is 5.24. The average molecular weight is 451 g/mol. The molecule has 0 unspecified atom stereocenters. The number of nitrogens with one attached hydrogen (secondary N) is 2. The molecular weight excluding hydrogens is 424 g/mol. The second-order valence-corrected chi connectivity index (χ2v) is 8.87. The number of benzene rings is 1. The first-order valence-corrected chi connectivity index (χ1v) is 11.6. The second-order valence-electron chi connectivity index (χ2n) is 7.77. The van der Waals surface area contributed by atoms with Crippen LogP contribution in [0.3, 0.4) is 0 Å². The number of esters is 1. The second kappa shape index (κ2) is 9.48. The first-order valence-electron chi connectivity index (χ1n) is 10.8. The minimum Gasteiger partial charge on any atom is -0.462 e. The zero-order chi connectivity index (χ0) is 22.7. The molecule has 0 spiro atoms. The Kier molecular flexibility index (Phi) is 6.50. The summed E-state index contributed by atoms with van der Waals surface area (Å²) >= 11 is 1.48. The maximum Gasteiger partial charge on any atom is 0.341 e. The summed E-state index contributed by atoms with van der Waals surface area (Å²) in [6.07, 6.45) is 3.90. The normalized spacial score (nSPS) is 12.7. The largest absolute Gasteiger partial charge is 0.462 e. The van der Waals surface area contributed by atoms with Crippen molar-refractivity contribution in [3.05, 3.63) is 63.3 Å². The van der Waals surface area contributed by atoms with Crippen LogP contribution in [0.1, 0.15) is 62.3 Å². The highest BCUT2D eigenvalue weighted by molar-refractivity contribution is 7.17. The van der Waals surface area contributed by atoms with Crippen LogP contribution in [0.2, 0.25) is 0 Å². The van der Waals surface area contributed by atoms with Crippen molar-refractivity contribution >= 4 is 39.9 Å². The number of fused-ring (bicyclic) bond motifs is 1. The Balaban J connectivity index is 1.57. The van der Waals surface area contributed by atoms with Crippen molar-refractivity contribution in [2.45, 2.75) is 46.5 Å². The van der Waals surface area contributed by atoms with Gasteiger partial charge in [-0.05, 0) is 76.3 Å². The van der Waals surface area contributed by atoms with E-state index < -0.39 is 0 Å². The highest BCUT2D eigenvalue weighted by Crippen LogP contribution is 2.38. The van der Waals surface area contributed by atoms with Gasteiger partial charge in [-0.15, -0.1) is 11.3 Å². The number of amides is 1. The molecule has 1 amide bonds. The van der Waals surface area contributed by atoms with Gasteiger partial charge in [0.25, 0.3) is 5.91 Å².